The third-order valence-electron chi connectivity index (χ3n) is 2.93. The number of oxazole rings is 1. The first-order valence-corrected chi connectivity index (χ1v) is 8.10. The Labute approximate surface area is 126 Å². The molecule has 0 saturated carbocycles. The first-order chi connectivity index (χ1) is 9.94. The Kier molecular flexibility index (Phi) is 3.35. The fraction of sp³-hybridized carbons (Fsp3) is 0.0714. The van der Waals surface area contributed by atoms with Crippen LogP contribution in [0, 0.1) is 0 Å². The van der Waals surface area contributed by atoms with Gasteiger partial charge in [-0.05, 0) is 30.3 Å². The number of aromatic nitrogens is 1. The second-order valence-electron chi connectivity index (χ2n) is 4.55. The van der Waals surface area contributed by atoms with Gasteiger partial charge in [-0.1, -0.05) is 17.7 Å². The molecule has 1 aromatic heterocycles. The van der Waals surface area contributed by atoms with E-state index in [9.17, 15) is 8.42 Å². The van der Waals surface area contributed by atoms with E-state index in [0.717, 1.165) is 0 Å². The second kappa shape index (κ2) is 5.05. The maximum atomic E-state index is 12.3. The molecule has 0 unspecified atom stereocenters. The number of nitrogens with two attached hydrogens (primary N) is 1. The minimum absolute atomic E-state index is 0.121. The van der Waals surface area contributed by atoms with Crippen LogP contribution in [0.15, 0.2) is 51.8 Å². The topological polar surface area (TPSA) is 86.2 Å². The van der Waals surface area contributed by atoms with Crippen molar-refractivity contribution >= 4 is 38.2 Å². The molecule has 0 saturated heterocycles. The van der Waals surface area contributed by atoms with E-state index in [1.165, 1.54) is 12.1 Å². The van der Waals surface area contributed by atoms with Crippen LogP contribution in [-0.4, -0.2) is 13.4 Å². The molecule has 0 radical (unpaired) electrons. The summed E-state index contributed by atoms with van der Waals surface area (Å²) >= 11 is 5.82. The molecule has 3 aromatic rings. The maximum Gasteiger partial charge on any atom is 0.211 e. The molecule has 3 rings (SSSR count). The molecule has 0 aliphatic carbocycles. The minimum Gasteiger partial charge on any atom is -0.439 e. The van der Waals surface area contributed by atoms with E-state index in [1.807, 2.05) is 0 Å². The fourth-order valence-electron chi connectivity index (χ4n) is 1.96. The second-order valence-corrected chi connectivity index (χ2v) is 6.98. The lowest BCUT2D eigenvalue weighted by Crippen LogP contribution is -2.05. The fourth-order valence-corrected chi connectivity index (χ4v) is 3.42. The molecule has 0 spiro atoms. The predicted molar refractivity (Wildman–Crippen MR) is 80.8 cm³/mol. The van der Waals surface area contributed by atoms with E-state index in [-0.39, 0.29) is 16.5 Å². The summed E-state index contributed by atoms with van der Waals surface area (Å²) in [4.78, 5) is 4.29. The summed E-state index contributed by atoms with van der Waals surface area (Å²) in [6, 6.07) is 11.1. The molecule has 21 heavy (non-hydrogen) atoms. The van der Waals surface area contributed by atoms with Crippen molar-refractivity contribution < 1.29 is 12.8 Å². The zero-order valence-corrected chi connectivity index (χ0v) is 12.4. The Morgan fingerprint density at radius 2 is 2.00 bits per heavy atom. The molecule has 0 aliphatic rings. The van der Waals surface area contributed by atoms with Gasteiger partial charge in [0.15, 0.2) is 15.4 Å². The minimum atomic E-state index is -3.57. The van der Waals surface area contributed by atoms with Crippen LogP contribution in [0.3, 0.4) is 0 Å². The number of halogens is 1. The molecule has 0 amide bonds. The van der Waals surface area contributed by atoms with Gasteiger partial charge in [0, 0.05) is 16.8 Å². The number of rotatable bonds is 3. The van der Waals surface area contributed by atoms with E-state index in [4.69, 9.17) is 21.8 Å². The van der Waals surface area contributed by atoms with Crippen LogP contribution in [0.25, 0.3) is 11.1 Å². The van der Waals surface area contributed by atoms with Gasteiger partial charge >= 0.3 is 0 Å². The van der Waals surface area contributed by atoms with Crippen LogP contribution in [0.5, 0.6) is 0 Å². The van der Waals surface area contributed by atoms with Gasteiger partial charge < -0.3 is 10.2 Å². The molecule has 0 atom stereocenters. The number of anilines is 1. The number of nitrogens with zero attached hydrogens (tertiary/aromatic N) is 1. The van der Waals surface area contributed by atoms with Gasteiger partial charge in [-0.2, -0.15) is 0 Å². The average molecular weight is 323 g/mol. The lowest BCUT2D eigenvalue weighted by atomic mass is 10.3. The molecule has 2 N–H and O–H groups in total. The largest absolute Gasteiger partial charge is 0.439 e. The van der Waals surface area contributed by atoms with E-state index in [1.54, 1.807) is 30.3 Å². The summed E-state index contributed by atoms with van der Waals surface area (Å²) in [6.07, 6.45) is 0. The van der Waals surface area contributed by atoms with Crippen molar-refractivity contribution in [3.63, 3.8) is 0 Å². The van der Waals surface area contributed by atoms with Crippen molar-refractivity contribution in [1.29, 1.82) is 0 Å². The lowest BCUT2D eigenvalue weighted by Gasteiger charge is -2.01. The SMILES string of the molecule is Nc1ccc2nc(CS(=O)(=O)c3cccc(Cl)c3)oc2c1. The van der Waals surface area contributed by atoms with Crippen LogP contribution in [-0.2, 0) is 15.6 Å². The molecule has 0 fully saturated rings. The monoisotopic (exact) mass is 322 g/mol. The Hall–Kier alpha value is -2.05. The van der Waals surface area contributed by atoms with E-state index < -0.39 is 9.84 Å². The highest BCUT2D eigenvalue weighted by Gasteiger charge is 2.19. The smallest absolute Gasteiger partial charge is 0.211 e. The summed E-state index contributed by atoms with van der Waals surface area (Å²) in [5.74, 6) is -0.211. The summed E-state index contributed by atoms with van der Waals surface area (Å²) in [7, 11) is -3.57. The zero-order valence-electron chi connectivity index (χ0n) is 10.8. The zero-order chi connectivity index (χ0) is 15.0. The molecule has 1 heterocycles. The number of fused-ring (bicyclic) bond motifs is 1. The van der Waals surface area contributed by atoms with Crippen molar-refractivity contribution in [1.82, 2.24) is 4.98 Å². The highest BCUT2D eigenvalue weighted by atomic mass is 35.5. The quantitative estimate of drug-likeness (QED) is 0.749. The third-order valence-corrected chi connectivity index (χ3v) is 4.76. The molecular formula is C14H11ClN2O3S. The van der Waals surface area contributed by atoms with E-state index in [2.05, 4.69) is 4.98 Å². The maximum absolute atomic E-state index is 12.3. The van der Waals surface area contributed by atoms with Crippen LogP contribution >= 0.6 is 11.6 Å². The van der Waals surface area contributed by atoms with Crippen molar-refractivity contribution in [2.75, 3.05) is 5.73 Å². The summed E-state index contributed by atoms with van der Waals surface area (Å²) in [5.41, 5.74) is 7.21. The Balaban J connectivity index is 1.97. The van der Waals surface area contributed by atoms with Gasteiger partial charge in [-0.15, -0.1) is 0 Å². The van der Waals surface area contributed by atoms with Crippen LogP contribution in [0.4, 0.5) is 5.69 Å². The lowest BCUT2D eigenvalue weighted by molar-refractivity contribution is 0.540. The summed E-state index contributed by atoms with van der Waals surface area (Å²) in [5, 5.41) is 0.362. The number of hydrogen-bond acceptors (Lipinski definition) is 5. The number of sulfone groups is 1. The molecule has 5 nitrogen and oxygen atoms in total. The summed E-state index contributed by atoms with van der Waals surface area (Å²) in [6.45, 7) is 0. The van der Waals surface area contributed by atoms with Crippen LogP contribution in [0.2, 0.25) is 5.02 Å². The normalized spacial score (nSPS) is 11.9. The van der Waals surface area contributed by atoms with E-state index in [0.29, 0.717) is 21.8 Å². The van der Waals surface area contributed by atoms with Gasteiger partial charge in [0.2, 0.25) is 5.89 Å². The van der Waals surface area contributed by atoms with Crippen molar-refractivity contribution in [2.45, 2.75) is 10.6 Å². The molecular weight excluding hydrogens is 312 g/mol. The molecule has 0 bridgehead atoms. The molecule has 108 valence electrons. The highest BCUT2D eigenvalue weighted by Crippen LogP contribution is 2.23. The summed E-state index contributed by atoms with van der Waals surface area (Å²) < 4.78 is 30.1. The molecule has 0 aliphatic heterocycles. The first kappa shape index (κ1) is 13.9. The molecule has 2 aromatic carbocycles. The van der Waals surface area contributed by atoms with Crippen molar-refractivity contribution in [3.8, 4) is 0 Å². The van der Waals surface area contributed by atoms with Crippen LogP contribution < -0.4 is 5.73 Å². The van der Waals surface area contributed by atoms with Gasteiger partial charge in [0.1, 0.15) is 11.3 Å². The molecule has 7 heteroatoms. The highest BCUT2D eigenvalue weighted by molar-refractivity contribution is 7.90. The predicted octanol–water partition coefficient (Wildman–Crippen LogP) is 3.04. The number of nitrogen functional groups attached to an aromatic ring is 1. The standard InChI is InChI=1S/C14H11ClN2O3S/c15-9-2-1-3-11(6-9)21(18,19)8-14-17-12-5-4-10(16)7-13(12)20-14/h1-7H,8,16H2. The Bertz CT molecular complexity index is 919. The number of benzene rings is 2. The Morgan fingerprint density at radius 3 is 2.76 bits per heavy atom. The Morgan fingerprint density at radius 1 is 1.19 bits per heavy atom. The van der Waals surface area contributed by atoms with Crippen molar-refractivity contribution in [3.05, 3.63) is 53.4 Å². The first-order valence-electron chi connectivity index (χ1n) is 6.07. The van der Waals surface area contributed by atoms with Gasteiger partial charge in [0.25, 0.3) is 0 Å². The van der Waals surface area contributed by atoms with Gasteiger partial charge in [-0.3, -0.25) is 0 Å². The number of hydrogen-bond donors (Lipinski definition) is 1. The van der Waals surface area contributed by atoms with Crippen LogP contribution in [0.1, 0.15) is 5.89 Å². The average Bonchev–Trinajstić information content (AvgIpc) is 2.79. The van der Waals surface area contributed by atoms with E-state index >= 15 is 0 Å². The third kappa shape index (κ3) is 2.86. The van der Waals surface area contributed by atoms with Gasteiger partial charge in [0.05, 0.1) is 4.90 Å². The van der Waals surface area contributed by atoms with Crippen molar-refractivity contribution in [2.24, 2.45) is 0 Å². The van der Waals surface area contributed by atoms with Gasteiger partial charge in [-0.25, -0.2) is 13.4 Å².